The van der Waals surface area contributed by atoms with Crippen LogP contribution in [-0.2, 0) is 0 Å². The Morgan fingerprint density at radius 3 is 2.74 bits per heavy atom. The summed E-state index contributed by atoms with van der Waals surface area (Å²) in [5.41, 5.74) is 5.81. The van der Waals surface area contributed by atoms with Gasteiger partial charge >= 0.3 is 0 Å². The van der Waals surface area contributed by atoms with E-state index in [1.54, 1.807) is 17.0 Å². The van der Waals surface area contributed by atoms with Crippen LogP contribution in [0.3, 0.4) is 0 Å². The molecule has 1 saturated carbocycles. The average molecular weight is 343 g/mol. The smallest absolute Gasteiger partial charge is 0.257 e. The molecule has 1 aromatic rings. The normalized spacial score (nSPS) is 14.2. The largest absolute Gasteiger partial charge is 0.507 e. The molecule has 102 valence electrons. The van der Waals surface area contributed by atoms with Gasteiger partial charge in [-0.3, -0.25) is 4.79 Å². The Labute approximate surface area is 125 Å². The van der Waals surface area contributed by atoms with Crippen LogP contribution in [0.5, 0.6) is 5.75 Å². The summed E-state index contributed by atoms with van der Waals surface area (Å²) in [6.07, 6.45) is 2.51. The van der Waals surface area contributed by atoms with Gasteiger partial charge in [-0.25, -0.2) is 0 Å². The molecule has 4 nitrogen and oxygen atoms in total. The molecule has 1 aliphatic rings. The third kappa shape index (κ3) is 3.67. The molecule has 0 radical (unpaired) electrons. The maximum Gasteiger partial charge on any atom is 0.257 e. The molecular formula is C13H15BrN2O2S. The van der Waals surface area contributed by atoms with E-state index in [2.05, 4.69) is 15.9 Å². The first-order chi connectivity index (χ1) is 8.99. The van der Waals surface area contributed by atoms with Crippen molar-refractivity contribution in [2.24, 2.45) is 5.73 Å². The molecule has 3 N–H and O–H groups in total. The lowest BCUT2D eigenvalue weighted by molar-refractivity contribution is 0.0745. The Bertz CT molecular complexity index is 517. The minimum atomic E-state index is -0.163. The molecular weight excluding hydrogens is 328 g/mol. The first-order valence-electron chi connectivity index (χ1n) is 6.07. The number of amides is 1. The van der Waals surface area contributed by atoms with Crippen LogP contribution in [0.15, 0.2) is 22.7 Å². The minimum absolute atomic E-state index is 0.0136. The second-order valence-electron chi connectivity index (χ2n) is 4.61. The molecule has 1 aliphatic carbocycles. The minimum Gasteiger partial charge on any atom is -0.507 e. The summed E-state index contributed by atoms with van der Waals surface area (Å²) in [7, 11) is 0. The fraction of sp³-hybridized carbons (Fsp3) is 0.385. The van der Waals surface area contributed by atoms with Crippen molar-refractivity contribution in [2.45, 2.75) is 25.3 Å². The van der Waals surface area contributed by atoms with E-state index >= 15 is 0 Å². The van der Waals surface area contributed by atoms with Gasteiger partial charge in [-0.05, 0) is 31.0 Å². The van der Waals surface area contributed by atoms with Crippen molar-refractivity contribution in [1.29, 1.82) is 0 Å². The van der Waals surface area contributed by atoms with Crippen molar-refractivity contribution in [3.63, 3.8) is 0 Å². The van der Waals surface area contributed by atoms with Gasteiger partial charge in [0, 0.05) is 23.5 Å². The van der Waals surface area contributed by atoms with Crippen LogP contribution < -0.4 is 5.73 Å². The zero-order valence-electron chi connectivity index (χ0n) is 10.3. The van der Waals surface area contributed by atoms with Gasteiger partial charge in [0.2, 0.25) is 0 Å². The standard InChI is InChI=1S/C13H15BrN2O2S/c14-8-1-4-10(11(17)7-8)13(18)16(9-2-3-9)6-5-12(15)19/h1,4,7,9,17H,2-3,5-6H2,(H2,15,19). The van der Waals surface area contributed by atoms with Gasteiger partial charge in [0.1, 0.15) is 5.75 Å². The van der Waals surface area contributed by atoms with Crippen molar-refractivity contribution >= 4 is 39.0 Å². The van der Waals surface area contributed by atoms with Crippen LogP contribution in [0.25, 0.3) is 0 Å². The molecule has 6 heteroatoms. The van der Waals surface area contributed by atoms with Gasteiger partial charge in [0.15, 0.2) is 0 Å². The van der Waals surface area contributed by atoms with Crippen molar-refractivity contribution < 1.29 is 9.90 Å². The van der Waals surface area contributed by atoms with Gasteiger partial charge in [0.05, 0.1) is 10.6 Å². The maximum absolute atomic E-state index is 12.4. The Morgan fingerprint density at radius 1 is 1.53 bits per heavy atom. The monoisotopic (exact) mass is 342 g/mol. The zero-order chi connectivity index (χ0) is 14.0. The van der Waals surface area contributed by atoms with E-state index in [-0.39, 0.29) is 17.7 Å². The van der Waals surface area contributed by atoms with Gasteiger partial charge < -0.3 is 15.7 Å². The van der Waals surface area contributed by atoms with E-state index in [0.29, 0.717) is 23.5 Å². The number of benzene rings is 1. The molecule has 0 saturated heterocycles. The molecule has 0 unspecified atom stereocenters. The molecule has 1 aromatic carbocycles. The number of hydrogen-bond donors (Lipinski definition) is 2. The van der Waals surface area contributed by atoms with Gasteiger partial charge in [-0.15, -0.1) is 0 Å². The first-order valence-corrected chi connectivity index (χ1v) is 7.27. The summed E-state index contributed by atoms with van der Waals surface area (Å²) >= 11 is 8.11. The lowest BCUT2D eigenvalue weighted by Gasteiger charge is -2.22. The summed E-state index contributed by atoms with van der Waals surface area (Å²) in [5, 5.41) is 9.86. The summed E-state index contributed by atoms with van der Waals surface area (Å²) in [6.45, 7) is 0.508. The van der Waals surface area contributed by atoms with Crippen molar-refractivity contribution in [1.82, 2.24) is 4.90 Å². The van der Waals surface area contributed by atoms with Crippen molar-refractivity contribution in [2.75, 3.05) is 6.54 Å². The van der Waals surface area contributed by atoms with Crippen LogP contribution in [0.2, 0.25) is 0 Å². The quantitative estimate of drug-likeness (QED) is 0.806. The lowest BCUT2D eigenvalue weighted by Crippen LogP contribution is -2.35. The molecule has 0 spiro atoms. The highest BCUT2D eigenvalue weighted by molar-refractivity contribution is 9.10. The third-order valence-corrected chi connectivity index (χ3v) is 3.74. The van der Waals surface area contributed by atoms with Crippen molar-refractivity contribution in [3.05, 3.63) is 28.2 Å². The van der Waals surface area contributed by atoms with Gasteiger partial charge in [-0.1, -0.05) is 28.1 Å². The Morgan fingerprint density at radius 2 is 2.21 bits per heavy atom. The Balaban J connectivity index is 2.16. The molecule has 1 amide bonds. The molecule has 0 heterocycles. The van der Waals surface area contributed by atoms with Crippen LogP contribution in [0.1, 0.15) is 29.6 Å². The van der Waals surface area contributed by atoms with E-state index in [1.165, 1.54) is 6.07 Å². The molecule has 0 bridgehead atoms. The number of phenolic OH excluding ortho intramolecular Hbond substituents is 1. The molecule has 19 heavy (non-hydrogen) atoms. The number of rotatable bonds is 5. The number of phenols is 1. The van der Waals surface area contributed by atoms with E-state index in [1.807, 2.05) is 0 Å². The molecule has 0 atom stereocenters. The predicted molar refractivity (Wildman–Crippen MR) is 81.3 cm³/mol. The second-order valence-corrected chi connectivity index (χ2v) is 6.05. The predicted octanol–water partition coefficient (Wildman–Crippen LogP) is 2.44. The van der Waals surface area contributed by atoms with Gasteiger partial charge in [0.25, 0.3) is 5.91 Å². The summed E-state index contributed by atoms with van der Waals surface area (Å²) in [4.78, 5) is 14.6. The molecule has 0 aliphatic heterocycles. The highest BCUT2D eigenvalue weighted by Gasteiger charge is 2.33. The van der Waals surface area contributed by atoms with Crippen molar-refractivity contribution in [3.8, 4) is 5.75 Å². The van der Waals surface area contributed by atoms with Crippen LogP contribution >= 0.6 is 28.1 Å². The fourth-order valence-corrected chi connectivity index (χ4v) is 2.35. The van der Waals surface area contributed by atoms with Crippen LogP contribution in [0.4, 0.5) is 0 Å². The first kappa shape index (κ1) is 14.3. The Kier molecular flexibility index (Phi) is 4.42. The number of carbonyl (C=O) groups excluding carboxylic acids is 1. The second kappa shape index (κ2) is 5.88. The Hall–Kier alpha value is -1.14. The maximum atomic E-state index is 12.4. The number of thiocarbonyl (C=S) groups is 1. The van der Waals surface area contributed by atoms with Crippen LogP contribution in [-0.4, -0.2) is 33.5 Å². The number of nitrogens with two attached hydrogens (primary N) is 1. The summed E-state index contributed by atoms with van der Waals surface area (Å²) in [5.74, 6) is -0.177. The molecule has 1 fully saturated rings. The summed E-state index contributed by atoms with van der Waals surface area (Å²) < 4.78 is 0.739. The molecule has 0 aromatic heterocycles. The third-order valence-electron chi connectivity index (χ3n) is 3.04. The average Bonchev–Trinajstić information content (AvgIpc) is 3.13. The SMILES string of the molecule is NC(=S)CCN(C(=O)c1ccc(Br)cc1O)C1CC1. The molecule has 2 rings (SSSR count). The number of nitrogens with zero attached hydrogens (tertiary/aromatic N) is 1. The van der Waals surface area contributed by atoms with Gasteiger partial charge in [-0.2, -0.15) is 0 Å². The van der Waals surface area contributed by atoms with E-state index in [9.17, 15) is 9.90 Å². The number of halogens is 1. The highest BCUT2D eigenvalue weighted by atomic mass is 79.9. The lowest BCUT2D eigenvalue weighted by atomic mass is 10.1. The van der Waals surface area contributed by atoms with E-state index < -0.39 is 0 Å². The van der Waals surface area contributed by atoms with Crippen LogP contribution in [0, 0.1) is 0 Å². The van der Waals surface area contributed by atoms with E-state index in [0.717, 1.165) is 17.3 Å². The highest BCUT2D eigenvalue weighted by Crippen LogP contribution is 2.31. The number of carbonyl (C=O) groups is 1. The fourth-order valence-electron chi connectivity index (χ4n) is 1.91. The zero-order valence-corrected chi connectivity index (χ0v) is 12.7. The topological polar surface area (TPSA) is 66.6 Å². The van der Waals surface area contributed by atoms with E-state index in [4.69, 9.17) is 18.0 Å². The summed E-state index contributed by atoms with van der Waals surface area (Å²) in [6, 6.07) is 5.14. The number of aromatic hydroxyl groups is 1. The number of hydrogen-bond acceptors (Lipinski definition) is 3.